The van der Waals surface area contributed by atoms with Crippen molar-refractivity contribution in [1.82, 2.24) is 15.5 Å². The van der Waals surface area contributed by atoms with E-state index in [-0.39, 0.29) is 12.0 Å². The first-order chi connectivity index (χ1) is 9.60. The zero-order valence-corrected chi connectivity index (χ0v) is 12.2. The topological polar surface area (TPSA) is 75.1 Å². The van der Waals surface area contributed by atoms with E-state index >= 15 is 0 Å². The molecule has 0 radical (unpaired) electrons. The first kappa shape index (κ1) is 14.9. The zero-order chi connectivity index (χ0) is 14.5. The number of aliphatic hydroxyl groups excluding tert-OH is 1. The van der Waals surface area contributed by atoms with E-state index in [4.69, 9.17) is 0 Å². The number of aryl methyl sites for hydroxylation is 2. The van der Waals surface area contributed by atoms with Crippen molar-refractivity contribution >= 4 is 5.91 Å². The minimum absolute atomic E-state index is 0.0639. The second kappa shape index (κ2) is 6.79. The molecule has 5 heteroatoms. The molecule has 1 saturated carbocycles. The van der Waals surface area contributed by atoms with Gasteiger partial charge in [-0.3, -0.25) is 4.79 Å². The standard InChI is InChI=1S/C15H23N3O2/c1-3-14-13(8-10(2)17-18-14)15(20)16-9-11-4-6-12(19)7-5-11/h8,11-12,19H,3-7,9H2,1-2H3,(H,16,20). The molecule has 0 saturated heterocycles. The lowest BCUT2D eigenvalue weighted by molar-refractivity contribution is 0.0908. The van der Waals surface area contributed by atoms with Gasteiger partial charge in [0, 0.05) is 6.54 Å². The largest absolute Gasteiger partial charge is 0.393 e. The number of carbonyl (C=O) groups excluding carboxylic acids is 1. The van der Waals surface area contributed by atoms with Gasteiger partial charge in [-0.2, -0.15) is 10.2 Å². The molecule has 0 aliphatic heterocycles. The summed E-state index contributed by atoms with van der Waals surface area (Å²) in [5, 5.41) is 20.5. The van der Waals surface area contributed by atoms with Gasteiger partial charge in [0.2, 0.25) is 0 Å². The van der Waals surface area contributed by atoms with Crippen LogP contribution in [0.15, 0.2) is 6.07 Å². The van der Waals surface area contributed by atoms with Gasteiger partial charge in [-0.1, -0.05) is 6.92 Å². The molecule has 2 rings (SSSR count). The van der Waals surface area contributed by atoms with E-state index in [0.29, 0.717) is 24.4 Å². The van der Waals surface area contributed by atoms with Crippen LogP contribution in [0.5, 0.6) is 0 Å². The van der Waals surface area contributed by atoms with Gasteiger partial charge in [0.25, 0.3) is 5.91 Å². The predicted molar refractivity (Wildman–Crippen MR) is 76.4 cm³/mol. The highest BCUT2D eigenvalue weighted by molar-refractivity contribution is 5.95. The van der Waals surface area contributed by atoms with E-state index in [2.05, 4.69) is 15.5 Å². The third kappa shape index (κ3) is 3.76. The van der Waals surface area contributed by atoms with Gasteiger partial charge in [-0.25, -0.2) is 0 Å². The molecule has 1 fully saturated rings. The number of amides is 1. The molecule has 1 aromatic rings. The Morgan fingerprint density at radius 2 is 2.05 bits per heavy atom. The molecule has 1 aliphatic carbocycles. The van der Waals surface area contributed by atoms with Crippen LogP contribution in [0.1, 0.15) is 54.4 Å². The van der Waals surface area contributed by atoms with Gasteiger partial charge >= 0.3 is 0 Å². The molecule has 0 spiro atoms. The van der Waals surface area contributed by atoms with Crippen LogP contribution in [0.2, 0.25) is 0 Å². The highest BCUT2D eigenvalue weighted by Gasteiger charge is 2.20. The number of carbonyl (C=O) groups is 1. The monoisotopic (exact) mass is 277 g/mol. The van der Waals surface area contributed by atoms with Gasteiger partial charge in [0.05, 0.1) is 23.1 Å². The van der Waals surface area contributed by atoms with Gasteiger partial charge in [0.15, 0.2) is 0 Å². The number of nitrogens with zero attached hydrogens (tertiary/aromatic N) is 2. The Balaban J connectivity index is 1.93. The Morgan fingerprint density at radius 3 is 2.70 bits per heavy atom. The highest BCUT2D eigenvalue weighted by atomic mass is 16.3. The van der Waals surface area contributed by atoms with Crippen molar-refractivity contribution in [2.75, 3.05) is 6.54 Å². The van der Waals surface area contributed by atoms with Crippen LogP contribution >= 0.6 is 0 Å². The number of hydrogen-bond donors (Lipinski definition) is 2. The van der Waals surface area contributed by atoms with E-state index in [1.807, 2.05) is 13.8 Å². The summed E-state index contributed by atoms with van der Waals surface area (Å²) in [5.74, 6) is 0.411. The van der Waals surface area contributed by atoms with Gasteiger partial charge in [-0.15, -0.1) is 0 Å². The fraction of sp³-hybridized carbons (Fsp3) is 0.667. The molecule has 2 N–H and O–H groups in total. The average Bonchev–Trinajstić information content (AvgIpc) is 2.46. The fourth-order valence-electron chi connectivity index (χ4n) is 2.65. The summed E-state index contributed by atoms with van der Waals surface area (Å²) in [6, 6.07) is 1.80. The smallest absolute Gasteiger partial charge is 0.253 e. The Labute approximate surface area is 119 Å². The third-order valence-electron chi connectivity index (χ3n) is 3.94. The number of aliphatic hydroxyl groups is 1. The Bertz CT molecular complexity index is 468. The van der Waals surface area contributed by atoms with Crippen molar-refractivity contribution in [3.05, 3.63) is 23.0 Å². The normalized spacial score (nSPS) is 22.6. The lowest BCUT2D eigenvalue weighted by Crippen LogP contribution is -2.32. The van der Waals surface area contributed by atoms with Crippen LogP contribution in [0.25, 0.3) is 0 Å². The van der Waals surface area contributed by atoms with Crippen molar-refractivity contribution in [2.24, 2.45) is 5.92 Å². The van der Waals surface area contributed by atoms with Crippen LogP contribution in [-0.2, 0) is 6.42 Å². The zero-order valence-electron chi connectivity index (χ0n) is 12.2. The molecule has 0 unspecified atom stereocenters. The fourth-order valence-corrected chi connectivity index (χ4v) is 2.65. The summed E-state index contributed by atoms with van der Waals surface area (Å²) in [6.07, 6.45) is 4.20. The first-order valence-corrected chi connectivity index (χ1v) is 7.39. The molecule has 0 bridgehead atoms. The van der Waals surface area contributed by atoms with Gasteiger partial charge in [0.1, 0.15) is 0 Å². The lowest BCUT2D eigenvalue weighted by Gasteiger charge is -2.25. The third-order valence-corrected chi connectivity index (χ3v) is 3.94. The number of nitrogens with one attached hydrogen (secondary N) is 1. The molecule has 110 valence electrons. The number of aromatic nitrogens is 2. The predicted octanol–water partition coefficient (Wildman–Crippen LogP) is 1.63. The summed E-state index contributed by atoms with van der Waals surface area (Å²) in [7, 11) is 0. The van der Waals surface area contributed by atoms with Crippen LogP contribution in [-0.4, -0.2) is 33.9 Å². The number of hydrogen-bond acceptors (Lipinski definition) is 4. The van der Waals surface area contributed by atoms with E-state index < -0.39 is 0 Å². The maximum absolute atomic E-state index is 12.3. The summed E-state index contributed by atoms with van der Waals surface area (Å²) in [6.45, 7) is 4.49. The Kier molecular flexibility index (Phi) is 5.06. The van der Waals surface area contributed by atoms with Crippen LogP contribution in [0.3, 0.4) is 0 Å². The second-order valence-corrected chi connectivity index (χ2v) is 5.58. The van der Waals surface area contributed by atoms with Gasteiger partial charge < -0.3 is 10.4 Å². The average molecular weight is 277 g/mol. The van der Waals surface area contributed by atoms with Crippen molar-refractivity contribution in [3.8, 4) is 0 Å². The molecule has 1 aliphatic rings. The quantitative estimate of drug-likeness (QED) is 0.877. The first-order valence-electron chi connectivity index (χ1n) is 7.39. The lowest BCUT2D eigenvalue weighted by atomic mass is 9.87. The van der Waals surface area contributed by atoms with Crippen molar-refractivity contribution in [1.29, 1.82) is 0 Å². The second-order valence-electron chi connectivity index (χ2n) is 5.58. The summed E-state index contributed by atoms with van der Waals surface area (Å²) < 4.78 is 0. The van der Waals surface area contributed by atoms with Crippen LogP contribution in [0.4, 0.5) is 0 Å². The molecular weight excluding hydrogens is 254 g/mol. The Hall–Kier alpha value is -1.49. The molecular formula is C15H23N3O2. The summed E-state index contributed by atoms with van der Waals surface area (Å²) in [4.78, 5) is 12.3. The minimum atomic E-state index is -0.152. The maximum atomic E-state index is 12.3. The van der Waals surface area contributed by atoms with Crippen LogP contribution in [0, 0.1) is 12.8 Å². The molecule has 5 nitrogen and oxygen atoms in total. The van der Waals surface area contributed by atoms with Crippen molar-refractivity contribution in [3.63, 3.8) is 0 Å². The van der Waals surface area contributed by atoms with Gasteiger partial charge in [-0.05, 0) is 51.0 Å². The van der Waals surface area contributed by atoms with E-state index in [1.165, 1.54) is 0 Å². The van der Waals surface area contributed by atoms with Crippen LogP contribution < -0.4 is 5.32 Å². The maximum Gasteiger partial charge on any atom is 0.253 e. The molecule has 0 aromatic carbocycles. The summed E-state index contributed by atoms with van der Waals surface area (Å²) >= 11 is 0. The summed E-state index contributed by atoms with van der Waals surface area (Å²) in [5.41, 5.74) is 2.14. The molecule has 1 aromatic heterocycles. The molecule has 1 amide bonds. The van der Waals surface area contributed by atoms with E-state index in [1.54, 1.807) is 6.07 Å². The number of rotatable bonds is 4. The molecule has 20 heavy (non-hydrogen) atoms. The van der Waals surface area contributed by atoms with E-state index in [0.717, 1.165) is 37.1 Å². The minimum Gasteiger partial charge on any atom is -0.393 e. The molecule has 1 heterocycles. The van der Waals surface area contributed by atoms with E-state index in [9.17, 15) is 9.90 Å². The van der Waals surface area contributed by atoms with Crippen molar-refractivity contribution in [2.45, 2.75) is 52.1 Å². The van der Waals surface area contributed by atoms with Crippen molar-refractivity contribution < 1.29 is 9.90 Å². The molecule has 0 atom stereocenters. The SMILES string of the molecule is CCc1nnc(C)cc1C(=O)NCC1CCC(O)CC1. The Morgan fingerprint density at radius 1 is 1.35 bits per heavy atom. The highest BCUT2D eigenvalue weighted by Crippen LogP contribution is 2.23.